The highest BCUT2D eigenvalue weighted by molar-refractivity contribution is 7.92. The summed E-state index contributed by atoms with van der Waals surface area (Å²) in [5, 5.41) is 0. The van der Waals surface area contributed by atoms with Gasteiger partial charge in [0.25, 0.3) is 15.9 Å². The van der Waals surface area contributed by atoms with Gasteiger partial charge in [-0.25, -0.2) is 8.42 Å². The molecular weight excluding hydrogens is 503 g/mol. The molecule has 1 amide bonds. The van der Waals surface area contributed by atoms with Crippen LogP contribution in [0, 0.1) is 20.8 Å². The summed E-state index contributed by atoms with van der Waals surface area (Å²) in [7, 11) is -3.95. The third-order valence-electron chi connectivity index (χ3n) is 6.46. The molecule has 0 aromatic heterocycles. The quantitative estimate of drug-likeness (QED) is 0.479. The Morgan fingerprint density at radius 1 is 0.865 bits per heavy atom. The van der Waals surface area contributed by atoms with Gasteiger partial charge in [0.2, 0.25) is 0 Å². The Labute approximate surface area is 214 Å². The third-order valence-corrected chi connectivity index (χ3v) is 7.96. The van der Waals surface area contributed by atoms with Gasteiger partial charge < -0.3 is 9.80 Å². The van der Waals surface area contributed by atoms with Crippen molar-refractivity contribution in [1.82, 2.24) is 4.90 Å². The Balaban J connectivity index is 1.49. The average molecular weight is 532 g/mol. The molecule has 1 fully saturated rings. The average Bonchev–Trinajstić information content (AvgIpc) is 2.85. The number of amides is 1. The van der Waals surface area contributed by atoms with Gasteiger partial charge >= 0.3 is 6.18 Å². The van der Waals surface area contributed by atoms with E-state index in [0.29, 0.717) is 43.1 Å². The molecule has 0 aliphatic carbocycles. The lowest BCUT2D eigenvalue weighted by Crippen LogP contribution is -2.48. The lowest BCUT2D eigenvalue weighted by molar-refractivity contribution is -0.137. The largest absolute Gasteiger partial charge is 0.416 e. The minimum absolute atomic E-state index is 0.0147. The zero-order valence-electron chi connectivity index (χ0n) is 20.8. The van der Waals surface area contributed by atoms with Crippen molar-refractivity contribution < 1.29 is 26.4 Å². The van der Waals surface area contributed by atoms with E-state index in [1.165, 1.54) is 12.1 Å². The van der Waals surface area contributed by atoms with Crippen molar-refractivity contribution in [1.29, 1.82) is 0 Å². The lowest BCUT2D eigenvalue weighted by atomic mass is 10.1. The smallest absolute Gasteiger partial charge is 0.368 e. The van der Waals surface area contributed by atoms with E-state index in [9.17, 15) is 26.4 Å². The fourth-order valence-electron chi connectivity index (χ4n) is 4.38. The van der Waals surface area contributed by atoms with E-state index >= 15 is 0 Å². The van der Waals surface area contributed by atoms with Gasteiger partial charge in [-0.2, -0.15) is 13.2 Å². The van der Waals surface area contributed by atoms with Crippen molar-refractivity contribution >= 4 is 27.3 Å². The molecule has 0 saturated carbocycles. The minimum Gasteiger partial charge on any atom is -0.368 e. The predicted molar refractivity (Wildman–Crippen MR) is 137 cm³/mol. The minimum atomic E-state index is -4.43. The SMILES string of the molecule is Cc1ccc(NS(=O)(=O)c2cc(C(=O)N3CCN(c4cccc(C(F)(F)F)c4)CC3)ccc2C)c(C)c1. The van der Waals surface area contributed by atoms with Crippen LogP contribution in [0.15, 0.2) is 65.6 Å². The first-order valence-electron chi connectivity index (χ1n) is 11.8. The number of alkyl halides is 3. The molecule has 3 aromatic rings. The van der Waals surface area contributed by atoms with E-state index in [2.05, 4.69) is 4.72 Å². The highest BCUT2D eigenvalue weighted by Gasteiger charge is 2.31. The van der Waals surface area contributed by atoms with E-state index in [1.54, 1.807) is 41.0 Å². The molecule has 37 heavy (non-hydrogen) atoms. The Morgan fingerprint density at radius 3 is 2.22 bits per heavy atom. The number of carbonyl (C=O) groups is 1. The number of aryl methyl sites for hydroxylation is 3. The molecule has 10 heteroatoms. The highest BCUT2D eigenvalue weighted by Crippen LogP contribution is 2.32. The second kappa shape index (κ2) is 10.1. The fourth-order valence-corrected chi connectivity index (χ4v) is 5.78. The molecule has 0 atom stereocenters. The first-order chi connectivity index (χ1) is 17.3. The first kappa shape index (κ1) is 26.5. The van der Waals surface area contributed by atoms with Crippen LogP contribution < -0.4 is 9.62 Å². The number of nitrogens with one attached hydrogen (secondary N) is 1. The van der Waals surface area contributed by atoms with E-state index < -0.39 is 21.8 Å². The van der Waals surface area contributed by atoms with Crippen LogP contribution >= 0.6 is 0 Å². The van der Waals surface area contributed by atoms with Crippen molar-refractivity contribution in [3.05, 3.63) is 88.5 Å². The number of piperazine rings is 1. The number of benzene rings is 3. The lowest BCUT2D eigenvalue weighted by Gasteiger charge is -2.36. The number of carbonyl (C=O) groups excluding carboxylic acids is 1. The maximum atomic E-state index is 13.2. The zero-order chi connectivity index (χ0) is 27.0. The maximum Gasteiger partial charge on any atom is 0.416 e. The van der Waals surface area contributed by atoms with Gasteiger partial charge in [-0.1, -0.05) is 29.8 Å². The van der Waals surface area contributed by atoms with Crippen LogP contribution in [0.1, 0.15) is 32.6 Å². The van der Waals surface area contributed by atoms with Crippen LogP contribution in [0.3, 0.4) is 0 Å². The molecule has 4 rings (SSSR count). The molecule has 6 nitrogen and oxygen atoms in total. The van der Waals surface area contributed by atoms with Gasteiger partial charge in [0, 0.05) is 37.4 Å². The van der Waals surface area contributed by atoms with Crippen LogP contribution in [-0.2, 0) is 16.2 Å². The van der Waals surface area contributed by atoms with E-state index in [4.69, 9.17) is 0 Å². The Kier molecular flexibility index (Phi) is 7.23. The number of hydrogen-bond donors (Lipinski definition) is 1. The molecule has 0 radical (unpaired) electrons. The summed E-state index contributed by atoms with van der Waals surface area (Å²) in [6.07, 6.45) is -4.43. The molecule has 1 aliphatic rings. The zero-order valence-corrected chi connectivity index (χ0v) is 21.6. The number of halogens is 3. The first-order valence-corrected chi connectivity index (χ1v) is 13.3. The molecule has 0 bridgehead atoms. The Bertz CT molecular complexity index is 1430. The van der Waals surface area contributed by atoms with E-state index in [0.717, 1.165) is 23.3 Å². The van der Waals surface area contributed by atoms with Gasteiger partial charge in [-0.05, 0) is 68.3 Å². The standard InChI is InChI=1S/C27H28F3N3O3S/c1-18-7-10-24(20(3)15-18)31-37(35,36)25-16-21(9-8-19(25)2)26(34)33-13-11-32(12-14-33)23-6-4-5-22(17-23)27(28,29)30/h4-10,15-17,31H,11-14H2,1-3H3. The summed E-state index contributed by atoms with van der Waals surface area (Å²) in [5.41, 5.74) is 2.73. The number of hydrogen-bond acceptors (Lipinski definition) is 4. The van der Waals surface area contributed by atoms with Crippen molar-refractivity contribution in [2.45, 2.75) is 31.8 Å². The van der Waals surface area contributed by atoms with Gasteiger partial charge in [0.15, 0.2) is 0 Å². The predicted octanol–water partition coefficient (Wildman–Crippen LogP) is 5.39. The molecule has 0 spiro atoms. The third kappa shape index (κ3) is 5.90. The molecule has 1 saturated heterocycles. The van der Waals surface area contributed by atoms with Crippen LogP contribution in [0.25, 0.3) is 0 Å². The van der Waals surface area contributed by atoms with Crippen molar-refractivity contribution in [2.24, 2.45) is 0 Å². The van der Waals surface area contributed by atoms with Crippen LogP contribution in [-0.4, -0.2) is 45.4 Å². The van der Waals surface area contributed by atoms with Crippen LogP contribution in [0.5, 0.6) is 0 Å². The summed E-state index contributed by atoms with van der Waals surface area (Å²) in [5.74, 6) is -0.327. The summed E-state index contributed by atoms with van der Waals surface area (Å²) < 4.78 is 68.2. The number of anilines is 2. The van der Waals surface area contributed by atoms with Crippen molar-refractivity contribution in [3.8, 4) is 0 Å². The fraction of sp³-hybridized carbons (Fsp3) is 0.296. The van der Waals surface area contributed by atoms with Gasteiger partial charge in [0.1, 0.15) is 0 Å². The van der Waals surface area contributed by atoms with Crippen LogP contribution in [0.4, 0.5) is 24.5 Å². The van der Waals surface area contributed by atoms with Crippen molar-refractivity contribution in [2.75, 3.05) is 35.8 Å². The highest BCUT2D eigenvalue weighted by atomic mass is 32.2. The second-order valence-electron chi connectivity index (χ2n) is 9.23. The monoisotopic (exact) mass is 531 g/mol. The summed E-state index contributed by atoms with van der Waals surface area (Å²) in [6, 6.07) is 15.1. The Morgan fingerprint density at radius 2 is 1.57 bits per heavy atom. The number of rotatable bonds is 5. The summed E-state index contributed by atoms with van der Waals surface area (Å²) in [4.78, 5) is 16.6. The number of nitrogens with zero attached hydrogens (tertiary/aromatic N) is 2. The second-order valence-corrected chi connectivity index (χ2v) is 10.9. The van der Waals surface area contributed by atoms with E-state index in [1.807, 2.05) is 26.0 Å². The molecule has 3 aromatic carbocycles. The summed E-state index contributed by atoms with van der Waals surface area (Å²) >= 11 is 0. The normalized spacial score (nSPS) is 14.5. The van der Waals surface area contributed by atoms with Gasteiger partial charge in [-0.15, -0.1) is 0 Å². The van der Waals surface area contributed by atoms with Crippen molar-refractivity contribution in [3.63, 3.8) is 0 Å². The molecular formula is C27H28F3N3O3S. The topological polar surface area (TPSA) is 69.7 Å². The van der Waals surface area contributed by atoms with Gasteiger partial charge in [0.05, 0.1) is 16.1 Å². The van der Waals surface area contributed by atoms with E-state index in [-0.39, 0.29) is 16.4 Å². The molecule has 1 heterocycles. The molecule has 1 N–H and O–H groups in total. The maximum absolute atomic E-state index is 13.2. The molecule has 1 aliphatic heterocycles. The molecule has 196 valence electrons. The number of sulfonamides is 1. The molecule has 0 unspecified atom stereocenters. The summed E-state index contributed by atoms with van der Waals surface area (Å²) in [6.45, 7) is 6.72. The van der Waals surface area contributed by atoms with Gasteiger partial charge in [-0.3, -0.25) is 9.52 Å². The van der Waals surface area contributed by atoms with Crippen LogP contribution in [0.2, 0.25) is 0 Å². The Hall–Kier alpha value is -3.53.